The molecule has 6 heteroatoms. The lowest BCUT2D eigenvalue weighted by atomic mass is 9.92. The molecule has 0 spiro atoms. The second kappa shape index (κ2) is 17.5. The van der Waals surface area contributed by atoms with E-state index in [1.54, 1.807) is 0 Å². The maximum atomic E-state index is 12.3. The zero-order valence-electron chi connectivity index (χ0n) is 18.7. The van der Waals surface area contributed by atoms with Crippen LogP contribution in [0.5, 0.6) is 0 Å². The first-order chi connectivity index (χ1) is 14.6. The number of nitrogens with one attached hydrogen (secondary N) is 3. The standard InChI is InChI=1S/C20H33N3O.C2H4O2.C2H2/c1-4-5-7-10-15(2)18(21-3)13-17-19(14-22-20(17)24)23-16-11-8-6-9-12-16;3-1-2-4;1-2/h4-5,7,10,15-16,18,21,23H,6,8-9,11-14H2,1-3H3,(H,22,24);1,4H,2H2;1-2H/b5-4-,10-7-;;. The number of aliphatic hydroxyl groups excluding tert-OH is 1. The predicted molar refractivity (Wildman–Crippen MR) is 124 cm³/mol. The molecule has 0 bridgehead atoms. The maximum absolute atomic E-state index is 12.3. The predicted octanol–water partition coefficient (Wildman–Crippen LogP) is 2.47. The van der Waals surface area contributed by atoms with E-state index in [-0.39, 0.29) is 18.6 Å². The van der Waals surface area contributed by atoms with E-state index in [1.807, 2.05) is 26.1 Å². The van der Waals surface area contributed by atoms with Gasteiger partial charge < -0.3 is 25.9 Å². The SMILES string of the molecule is C#C.C/C=C\C=C/C(C)C(CC1=C(NC2CCCCC2)CNC1=O)NC.O=CCO. The summed E-state index contributed by atoms with van der Waals surface area (Å²) in [7, 11) is 1.98. The van der Waals surface area contributed by atoms with Gasteiger partial charge in [0.1, 0.15) is 6.29 Å². The summed E-state index contributed by atoms with van der Waals surface area (Å²) in [5, 5.41) is 17.5. The number of aldehydes is 1. The van der Waals surface area contributed by atoms with Gasteiger partial charge in [-0.3, -0.25) is 4.79 Å². The highest BCUT2D eigenvalue weighted by molar-refractivity contribution is 5.96. The average molecular weight is 418 g/mol. The monoisotopic (exact) mass is 417 g/mol. The van der Waals surface area contributed by atoms with Gasteiger partial charge in [-0.05, 0) is 39.2 Å². The van der Waals surface area contributed by atoms with Crippen LogP contribution in [-0.4, -0.2) is 49.6 Å². The molecule has 2 atom stereocenters. The van der Waals surface area contributed by atoms with Crippen molar-refractivity contribution in [3.8, 4) is 12.8 Å². The molecule has 0 aromatic rings. The van der Waals surface area contributed by atoms with Gasteiger partial charge in [0.25, 0.3) is 0 Å². The van der Waals surface area contributed by atoms with Gasteiger partial charge >= 0.3 is 0 Å². The van der Waals surface area contributed by atoms with Crippen molar-refractivity contribution in [3.05, 3.63) is 35.6 Å². The van der Waals surface area contributed by atoms with Gasteiger partial charge in [-0.2, -0.15) is 0 Å². The molecular weight excluding hydrogens is 378 g/mol. The average Bonchev–Trinajstić information content (AvgIpc) is 3.13. The summed E-state index contributed by atoms with van der Waals surface area (Å²) in [6, 6.07) is 0.796. The minimum Gasteiger partial charge on any atom is -0.389 e. The first kappa shape index (κ1) is 27.6. The van der Waals surface area contributed by atoms with Crippen molar-refractivity contribution >= 4 is 12.2 Å². The molecule has 2 aliphatic rings. The third-order valence-electron chi connectivity index (χ3n) is 5.27. The molecule has 1 saturated carbocycles. The summed E-state index contributed by atoms with van der Waals surface area (Å²) < 4.78 is 0. The molecule has 4 N–H and O–H groups in total. The third kappa shape index (κ3) is 10.4. The lowest BCUT2D eigenvalue weighted by molar-refractivity contribution is -0.116. The number of aliphatic hydroxyl groups is 1. The number of amides is 1. The van der Waals surface area contributed by atoms with Crippen LogP contribution in [0.2, 0.25) is 0 Å². The molecule has 168 valence electrons. The smallest absolute Gasteiger partial charge is 0.249 e. The molecular formula is C24H39N3O3. The number of hydrogen-bond acceptors (Lipinski definition) is 5. The summed E-state index contributed by atoms with van der Waals surface area (Å²) >= 11 is 0. The van der Waals surface area contributed by atoms with E-state index >= 15 is 0 Å². The van der Waals surface area contributed by atoms with Gasteiger partial charge in [0, 0.05) is 23.4 Å². The Kier molecular flexibility index (Phi) is 16.1. The van der Waals surface area contributed by atoms with Crippen molar-refractivity contribution in [2.75, 3.05) is 20.2 Å². The number of terminal acetylenes is 1. The number of carbonyl (C=O) groups is 2. The fourth-order valence-electron chi connectivity index (χ4n) is 3.62. The lowest BCUT2D eigenvalue weighted by Crippen LogP contribution is -2.34. The van der Waals surface area contributed by atoms with Crippen molar-refractivity contribution in [2.45, 2.75) is 64.5 Å². The second-order valence-corrected chi connectivity index (χ2v) is 7.34. The van der Waals surface area contributed by atoms with Gasteiger partial charge in [0.2, 0.25) is 5.91 Å². The highest BCUT2D eigenvalue weighted by atomic mass is 16.3. The van der Waals surface area contributed by atoms with E-state index in [2.05, 4.69) is 47.9 Å². The summed E-state index contributed by atoms with van der Waals surface area (Å²) in [4.78, 5) is 21.2. The number of hydrogen-bond donors (Lipinski definition) is 4. The van der Waals surface area contributed by atoms with E-state index in [0.29, 0.717) is 24.8 Å². The molecule has 0 aromatic heterocycles. The van der Waals surface area contributed by atoms with Crippen LogP contribution < -0.4 is 16.0 Å². The van der Waals surface area contributed by atoms with Gasteiger partial charge in [-0.15, -0.1) is 12.8 Å². The lowest BCUT2D eigenvalue weighted by Gasteiger charge is -2.26. The molecule has 6 nitrogen and oxygen atoms in total. The Bertz CT molecular complexity index is 602. The fourth-order valence-corrected chi connectivity index (χ4v) is 3.62. The normalized spacial score (nSPS) is 18.8. The van der Waals surface area contributed by atoms with Gasteiger partial charge in [0.05, 0.1) is 13.2 Å². The molecule has 0 saturated heterocycles. The van der Waals surface area contributed by atoms with Crippen molar-refractivity contribution < 1.29 is 14.7 Å². The van der Waals surface area contributed by atoms with Crippen molar-refractivity contribution in [3.63, 3.8) is 0 Å². The largest absolute Gasteiger partial charge is 0.389 e. The maximum Gasteiger partial charge on any atom is 0.249 e. The molecule has 0 radical (unpaired) electrons. The Morgan fingerprint density at radius 3 is 2.40 bits per heavy atom. The fraction of sp³-hybridized carbons (Fsp3) is 0.583. The van der Waals surface area contributed by atoms with Crippen LogP contribution in [0.4, 0.5) is 0 Å². The Labute approximate surface area is 182 Å². The number of carbonyl (C=O) groups excluding carboxylic acids is 2. The molecule has 1 amide bonds. The zero-order chi connectivity index (χ0) is 22.8. The molecule has 1 aliphatic carbocycles. The highest BCUT2D eigenvalue weighted by Crippen LogP contribution is 2.23. The van der Waals surface area contributed by atoms with Crippen LogP contribution in [0.15, 0.2) is 35.6 Å². The van der Waals surface area contributed by atoms with E-state index in [0.717, 1.165) is 17.7 Å². The van der Waals surface area contributed by atoms with Crippen LogP contribution >= 0.6 is 0 Å². The van der Waals surface area contributed by atoms with Crippen LogP contribution in [0.1, 0.15) is 52.4 Å². The number of allylic oxidation sites excluding steroid dienone is 3. The van der Waals surface area contributed by atoms with Gasteiger partial charge in [-0.1, -0.05) is 50.5 Å². The van der Waals surface area contributed by atoms with E-state index in [1.165, 1.54) is 32.1 Å². The summed E-state index contributed by atoms with van der Waals surface area (Å²) in [5.74, 6) is 0.459. The van der Waals surface area contributed by atoms with Crippen LogP contribution in [0.3, 0.4) is 0 Å². The first-order valence-electron chi connectivity index (χ1n) is 10.7. The Morgan fingerprint density at radius 1 is 1.23 bits per heavy atom. The molecule has 0 aromatic carbocycles. The van der Waals surface area contributed by atoms with Gasteiger partial charge in [-0.25, -0.2) is 0 Å². The van der Waals surface area contributed by atoms with Crippen LogP contribution in [-0.2, 0) is 9.59 Å². The highest BCUT2D eigenvalue weighted by Gasteiger charge is 2.28. The van der Waals surface area contributed by atoms with E-state index < -0.39 is 0 Å². The van der Waals surface area contributed by atoms with E-state index in [4.69, 9.17) is 9.90 Å². The third-order valence-corrected chi connectivity index (χ3v) is 5.27. The Hall–Kier alpha value is -2.36. The van der Waals surface area contributed by atoms with Crippen LogP contribution in [0, 0.1) is 18.8 Å². The van der Waals surface area contributed by atoms with Crippen molar-refractivity contribution in [1.29, 1.82) is 0 Å². The Balaban J connectivity index is 0.00000125. The van der Waals surface area contributed by atoms with Crippen LogP contribution in [0.25, 0.3) is 0 Å². The molecule has 2 unspecified atom stereocenters. The second-order valence-electron chi connectivity index (χ2n) is 7.34. The Morgan fingerprint density at radius 2 is 1.87 bits per heavy atom. The molecule has 1 aliphatic heterocycles. The summed E-state index contributed by atoms with van der Waals surface area (Å²) in [6.07, 6.45) is 23.9. The molecule has 1 fully saturated rings. The number of rotatable bonds is 9. The minimum absolute atomic E-state index is 0.0955. The molecule has 30 heavy (non-hydrogen) atoms. The van der Waals surface area contributed by atoms with Crippen molar-refractivity contribution in [1.82, 2.24) is 16.0 Å². The van der Waals surface area contributed by atoms with Gasteiger partial charge in [0.15, 0.2) is 0 Å². The topological polar surface area (TPSA) is 90.5 Å². The minimum atomic E-state index is -0.361. The quantitative estimate of drug-likeness (QED) is 0.263. The van der Waals surface area contributed by atoms with E-state index in [9.17, 15) is 4.79 Å². The molecule has 1 heterocycles. The first-order valence-corrected chi connectivity index (χ1v) is 10.7. The molecule has 2 rings (SSSR count). The van der Waals surface area contributed by atoms with Crippen molar-refractivity contribution in [2.24, 2.45) is 5.92 Å². The summed E-state index contributed by atoms with van der Waals surface area (Å²) in [5.41, 5.74) is 2.06. The zero-order valence-corrected chi connectivity index (χ0v) is 18.7. The summed E-state index contributed by atoms with van der Waals surface area (Å²) in [6.45, 7) is 4.51.